The van der Waals surface area contributed by atoms with Crippen LogP contribution in [0.4, 0.5) is 0 Å². The van der Waals surface area contributed by atoms with Gasteiger partial charge in [0.15, 0.2) is 0 Å². The monoisotopic (exact) mass is 207 g/mol. The Hall–Kier alpha value is -1.88. The zero-order valence-electron chi connectivity index (χ0n) is 7.88. The summed E-state index contributed by atoms with van der Waals surface area (Å²) in [6.07, 6.45) is 4.47. The third-order valence-electron chi connectivity index (χ3n) is 1.90. The number of amides is 2. The highest BCUT2D eigenvalue weighted by Gasteiger charge is 2.26. The predicted octanol–water partition coefficient (Wildman–Crippen LogP) is 0.983. The fourth-order valence-electron chi connectivity index (χ4n) is 1.19. The third-order valence-corrected chi connectivity index (χ3v) is 1.90. The van der Waals surface area contributed by atoms with Gasteiger partial charge in [-0.15, -0.1) is 5.06 Å². The molecule has 5 nitrogen and oxygen atoms in total. The molecule has 1 aromatic heterocycles. The van der Waals surface area contributed by atoms with Crippen LogP contribution in [0.1, 0.15) is 12.2 Å². The lowest BCUT2D eigenvalue weighted by Gasteiger charge is -2.07. The molecular weight excluding hydrogens is 198 g/mol. The van der Waals surface area contributed by atoms with Crippen molar-refractivity contribution in [3.8, 4) is 0 Å². The van der Waals surface area contributed by atoms with Gasteiger partial charge in [0.1, 0.15) is 5.76 Å². The lowest BCUT2D eigenvalue weighted by molar-refractivity contribution is -0.174. The highest BCUT2D eigenvalue weighted by Crippen LogP contribution is 2.09. The van der Waals surface area contributed by atoms with Gasteiger partial charge in [0, 0.05) is 6.08 Å². The smallest absolute Gasteiger partial charge is 0.277 e. The van der Waals surface area contributed by atoms with E-state index in [2.05, 4.69) is 0 Å². The predicted molar refractivity (Wildman–Crippen MR) is 50.2 cm³/mol. The van der Waals surface area contributed by atoms with Crippen LogP contribution in [0.5, 0.6) is 0 Å². The Balaban J connectivity index is 2.00. The fourth-order valence-corrected chi connectivity index (χ4v) is 1.19. The van der Waals surface area contributed by atoms with Gasteiger partial charge in [0.2, 0.25) is 0 Å². The van der Waals surface area contributed by atoms with Crippen LogP contribution >= 0.6 is 0 Å². The van der Waals surface area contributed by atoms with Crippen molar-refractivity contribution in [3.05, 3.63) is 30.2 Å². The summed E-state index contributed by atoms with van der Waals surface area (Å²) in [6, 6.07) is 3.41. The van der Waals surface area contributed by atoms with E-state index in [0.717, 1.165) is 5.06 Å². The van der Waals surface area contributed by atoms with Gasteiger partial charge in [-0.2, -0.15) is 0 Å². The third kappa shape index (κ3) is 2.13. The van der Waals surface area contributed by atoms with Gasteiger partial charge >= 0.3 is 0 Å². The molecule has 1 fully saturated rings. The van der Waals surface area contributed by atoms with Crippen molar-refractivity contribution in [2.45, 2.75) is 6.42 Å². The Kier molecular flexibility index (Phi) is 2.64. The molecule has 0 N–H and O–H groups in total. The number of hydrogen-bond donors (Lipinski definition) is 0. The molecule has 2 amide bonds. The first-order chi connectivity index (χ1) is 7.27. The van der Waals surface area contributed by atoms with E-state index in [9.17, 15) is 9.59 Å². The number of hydrogen-bond acceptors (Lipinski definition) is 4. The normalized spacial score (nSPS) is 16.5. The molecule has 0 atom stereocenters. The Morgan fingerprint density at radius 2 is 2.40 bits per heavy atom. The van der Waals surface area contributed by atoms with Gasteiger partial charge in [-0.25, -0.2) is 0 Å². The minimum Gasteiger partial charge on any atom is -0.465 e. The second-order valence-electron chi connectivity index (χ2n) is 2.96. The van der Waals surface area contributed by atoms with Crippen LogP contribution in [0.15, 0.2) is 28.9 Å². The van der Waals surface area contributed by atoms with E-state index in [1.54, 1.807) is 12.1 Å². The molecule has 2 rings (SSSR count). The molecule has 5 heteroatoms. The zero-order chi connectivity index (χ0) is 10.7. The summed E-state index contributed by atoms with van der Waals surface area (Å²) in [5.74, 6) is -0.256. The molecule has 15 heavy (non-hydrogen) atoms. The molecule has 1 aliphatic heterocycles. The van der Waals surface area contributed by atoms with Crippen molar-refractivity contribution >= 4 is 17.9 Å². The summed E-state index contributed by atoms with van der Waals surface area (Å²) >= 11 is 0. The Morgan fingerprint density at radius 1 is 1.53 bits per heavy atom. The zero-order valence-corrected chi connectivity index (χ0v) is 7.88. The molecule has 0 saturated carbocycles. The first-order valence-electron chi connectivity index (χ1n) is 4.49. The Morgan fingerprint density at radius 3 is 3.00 bits per heavy atom. The van der Waals surface area contributed by atoms with Crippen LogP contribution < -0.4 is 0 Å². The van der Waals surface area contributed by atoms with Gasteiger partial charge in [-0.05, 0) is 18.2 Å². The average Bonchev–Trinajstić information content (AvgIpc) is 2.84. The van der Waals surface area contributed by atoms with Crippen molar-refractivity contribution in [1.82, 2.24) is 5.06 Å². The number of nitrogens with zero attached hydrogens (tertiary/aromatic N) is 1. The maximum atomic E-state index is 11.4. The first-order valence-corrected chi connectivity index (χ1v) is 4.49. The summed E-state index contributed by atoms with van der Waals surface area (Å²) in [7, 11) is 0. The van der Waals surface area contributed by atoms with Crippen molar-refractivity contribution in [3.63, 3.8) is 0 Å². The summed E-state index contributed by atoms with van der Waals surface area (Å²) in [4.78, 5) is 27.4. The second-order valence-corrected chi connectivity index (χ2v) is 2.96. The minimum atomic E-state index is -0.492. The molecule has 2 heterocycles. The molecule has 1 saturated heterocycles. The van der Waals surface area contributed by atoms with Gasteiger partial charge in [-0.3, -0.25) is 14.4 Å². The van der Waals surface area contributed by atoms with E-state index < -0.39 is 5.91 Å². The van der Waals surface area contributed by atoms with E-state index in [-0.39, 0.29) is 18.9 Å². The van der Waals surface area contributed by atoms with Gasteiger partial charge in [0.25, 0.3) is 11.8 Å². The highest BCUT2D eigenvalue weighted by molar-refractivity contribution is 6.02. The highest BCUT2D eigenvalue weighted by atomic mass is 16.7. The molecule has 1 aromatic rings. The number of rotatable bonds is 2. The Bertz CT molecular complexity index is 394. The maximum Gasteiger partial charge on any atom is 0.277 e. The molecule has 78 valence electrons. The summed E-state index contributed by atoms with van der Waals surface area (Å²) in [6.45, 7) is 0.263. The Labute approximate surface area is 85.9 Å². The summed E-state index contributed by atoms with van der Waals surface area (Å²) in [5.41, 5.74) is 0. The summed E-state index contributed by atoms with van der Waals surface area (Å²) in [5, 5.41) is 0.763. The van der Waals surface area contributed by atoms with Crippen molar-refractivity contribution in [1.29, 1.82) is 0 Å². The van der Waals surface area contributed by atoms with Gasteiger partial charge in [0.05, 0.1) is 19.3 Å². The molecule has 0 aliphatic carbocycles. The van der Waals surface area contributed by atoms with E-state index in [4.69, 9.17) is 9.25 Å². The summed E-state index contributed by atoms with van der Waals surface area (Å²) < 4.78 is 4.99. The van der Waals surface area contributed by atoms with Crippen LogP contribution in [0.2, 0.25) is 0 Å². The number of furan rings is 1. The van der Waals surface area contributed by atoms with Crippen LogP contribution in [-0.2, 0) is 14.4 Å². The number of carbonyl (C=O) groups is 2. The lowest BCUT2D eigenvalue weighted by Crippen LogP contribution is -2.28. The molecular formula is C10H9NO4. The van der Waals surface area contributed by atoms with E-state index in [1.807, 2.05) is 0 Å². The minimum absolute atomic E-state index is 0.250. The second kappa shape index (κ2) is 4.10. The largest absolute Gasteiger partial charge is 0.465 e. The van der Waals surface area contributed by atoms with Crippen LogP contribution in [0, 0.1) is 0 Å². The van der Waals surface area contributed by atoms with Crippen LogP contribution in [-0.4, -0.2) is 23.5 Å². The standard InChI is InChI=1S/C10H9NO4/c12-9(11-10(13)5-7-15-11)4-3-8-2-1-6-14-8/h1-4,6H,5,7H2. The number of hydroxylamine groups is 2. The topological polar surface area (TPSA) is 59.8 Å². The fraction of sp³-hybridized carbons (Fsp3) is 0.200. The SMILES string of the molecule is O=C(C=Cc1ccco1)N1OCCC1=O. The average molecular weight is 207 g/mol. The van der Waals surface area contributed by atoms with Crippen molar-refractivity contribution in [2.24, 2.45) is 0 Å². The van der Waals surface area contributed by atoms with Gasteiger partial charge < -0.3 is 4.42 Å². The van der Waals surface area contributed by atoms with E-state index in [0.29, 0.717) is 5.76 Å². The van der Waals surface area contributed by atoms with Crippen LogP contribution in [0.25, 0.3) is 6.08 Å². The molecule has 0 radical (unpaired) electrons. The van der Waals surface area contributed by atoms with Crippen molar-refractivity contribution < 1.29 is 18.8 Å². The number of imide groups is 1. The van der Waals surface area contributed by atoms with Crippen molar-refractivity contribution in [2.75, 3.05) is 6.61 Å². The van der Waals surface area contributed by atoms with Gasteiger partial charge in [-0.1, -0.05) is 0 Å². The molecule has 0 aromatic carbocycles. The molecule has 0 unspecified atom stereocenters. The quantitative estimate of drug-likeness (QED) is 0.678. The molecule has 0 bridgehead atoms. The van der Waals surface area contributed by atoms with E-state index in [1.165, 1.54) is 18.4 Å². The molecule has 1 aliphatic rings. The first kappa shape index (κ1) is 9.67. The maximum absolute atomic E-state index is 11.4. The number of carbonyl (C=O) groups excluding carboxylic acids is 2. The molecule has 0 spiro atoms. The van der Waals surface area contributed by atoms with Crippen LogP contribution in [0.3, 0.4) is 0 Å². The lowest BCUT2D eigenvalue weighted by atomic mass is 10.3. The van der Waals surface area contributed by atoms with E-state index >= 15 is 0 Å².